The maximum absolute atomic E-state index is 12.0. The van der Waals surface area contributed by atoms with E-state index in [9.17, 15) is 9.90 Å². The third-order valence-electron chi connectivity index (χ3n) is 8.02. The summed E-state index contributed by atoms with van der Waals surface area (Å²) in [6.45, 7) is 11.5. The van der Waals surface area contributed by atoms with Crippen LogP contribution in [0.5, 0.6) is 0 Å². The van der Waals surface area contributed by atoms with Crippen LogP contribution in [0.15, 0.2) is 54.6 Å². The SMILES string of the molecule is Cc1ccc(C2(C)CN(Cc3cc(C(CC(=O)O)c4ccc5c(nnn5C)c4C)ccc3C)CCO2)cc1. The Morgan fingerprint density at radius 2 is 1.87 bits per heavy atom. The van der Waals surface area contributed by atoms with Gasteiger partial charge in [0, 0.05) is 32.6 Å². The van der Waals surface area contributed by atoms with Crippen molar-refractivity contribution in [1.29, 1.82) is 0 Å². The Morgan fingerprint density at radius 1 is 1.11 bits per heavy atom. The van der Waals surface area contributed by atoms with Gasteiger partial charge in [-0.3, -0.25) is 9.69 Å². The molecule has 3 aromatic carbocycles. The molecule has 0 aliphatic carbocycles. The van der Waals surface area contributed by atoms with Crippen molar-refractivity contribution in [3.8, 4) is 0 Å². The largest absolute Gasteiger partial charge is 0.481 e. The third kappa shape index (κ3) is 5.08. The molecule has 0 radical (unpaired) electrons. The molecule has 1 aliphatic rings. The summed E-state index contributed by atoms with van der Waals surface area (Å²) < 4.78 is 8.03. The summed E-state index contributed by atoms with van der Waals surface area (Å²) >= 11 is 0. The van der Waals surface area contributed by atoms with Gasteiger partial charge in [0.25, 0.3) is 0 Å². The van der Waals surface area contributed by atoms with Crippen LogP contribution in [0, 0.1) is 20.8 Å². The van der Waals surface area contributed by atoms with Crippen LogP contribution >= 0.6 is 0 Å². The highest BCUT2D eigenvalue weighted by atomic mass is 16.5. The standard InChI is InChI=1S/C31H36N4O3/c1-20-6-10-25(11-7-20)31(4)19-35(14-15-38-31)18-24-16-23(9-8-21(24)2)27(17-29(36)37)26-12-13-28-30(22(26)3)32-33-34(28)5/h6-13,16,27H,14-15,17-19H2,1-5H3,(H,36,37). The van der Waals surface area contributed by atoms with Crippen molar-refractivity contribution < 1.29 is 14.6 Å². The van der Waals surface area contributed by atoms with Gasteiger partial charge in [-0.25, -0.2) is 4.68 Å². The molecule has 0 spiro atoms. The van der Waals surface area contributed by atoms with Crippen molar-refractivity contribution in [1.82, 2.24) is 19.9 Å². The van der Waals surface area contributed by atoms with Crippen molar-refractivity contribution in [2.24, 2.45) is 7.05 Å². The lowest BCUT2D eigenvalue weighted by Gasteiger charge is -2.41. The molecule has 0 bridgehead atoms. The van der Waals surface area contributed by atoms with E-state index in [1.807, 2.05) is 26.1 Å². The van der Waals surface area contributed by atoms with E-state index in [0.29, 0.717) is 6.61 Å². The molecule has 2 atom stereocenters. The molecule has 1 saturated heterocycles. The van der Waals surface area contributed by atoms with Crippen LogP contribution in [0.25, 0.3) is 11.0 Å². The van der Waals surface area contributed by atoms with Gasteiger partial charge < -0.3 is 9.84 Å². The van der Waals surface area contributed by atoms with Gasteiger partial charge >= 0.3 is 5.97 Å². The molecular weight excluding hydrogens is 476 g/mol. The fourth-order valence-electron chi connectivity index (χ4n) is 5.69. The predicted octanol–water partition coefficient (Wildman–Crippen LogP) is 5.25. The van der Waals surface area contributed by atoms with Crippen molar-refractivity contribution in [2.75, 3.05) is 19.7 Å². The number of hydrogen-bond acceptors (Lipinski definition) is 5. The molecule has 1 fully saturated rings. The lowest BCUT2D eigenvalue weighted by Crippen LogP contribution is -2.47. The summed E-state index contributed by atoms with van der Waals surface area (Å²) in [6, 6.07) is 19.0. The number of hydrogen-bond donors (Lipinski definition) is 1. The zero-order valence-corrected chi connectivity index (χ0v) is 22.9. The van der Waals surface area contributed by atoms with E-state index in [0.717, 1.165) is 47.4 Å². The minimum absolute atomic E-state index is 0.0121. The molecule has 1 aromatic heterocycles. The van der Waals surface area contributed by atoms with Crippen LogP contribution in [0.4, 0.5) is 0 Å². The highest BCUT2D eigenvalue weighted by Crippen LogP contribution is 2.35. The third-order valence-corrected chi connectivity index (χ3v) is 8.02. The zero-order valence-electron chi connectivity index (χ0n) is 22.9. The van der Waals surface area contributed by atoms with Gasteiger partial charge in [-0.05, 0) is 67.1 Å². The zero-order chi connectivity index (χ0) is 27.0. The normalized spacial score (nSPS) is 19.1. The van der Waals surface area contributed by atoms with Crippen molar-refractivity contribution >= 4 is 17.0 Å². The maximum Gasteiger partial charge on any atom is 0.304 e. The summed E-state index contributed by atoms with van der Waals surface area (Å²) in [5.41, 5.74) is 9.19. The van der Waals surface area contributed by atoms with Crippen LogP contribution in [0.3, 0.4) is 0 Å². The van der Waals surface area contributed by atoms with E-state index >= 15 is 0 Å². The first-order chi connectivity index (χ1) is 18.1. The molecule has 38 heavy (non-hydrogen) atoms. The molecule has 1 N–H and O–H groups in total. The van der Waals surface area contributed by atoms with Gasteiger partial charge in [-0.2, -0.15) is 0 Å². The monoisotopic (exact) mass is 512 g/mol. The number of aryl methyl sites for hydroxylation is 4. The Morgan fingerprint density at radius 3 is 2.61 bits per heavy atom. The Kier molecular flexibility index (Phi) is 7.07. The van der Waals surface area contributed by atoms with Crippen molar-refractivity contribution in [3.05, 3.63) is 93.5 Å². The Labute approximate surface area is 224 Å². The minimum atomic E-state index is -0.821. The van der Waals surface area contributed by atoms with E-state index in [1.54, 1.807) is 4.68 Å². The molecule has 1 aliphatic heterocycles. The average Bonchev–Trinajstić information content (AvgIpc) is 3.26. The van der Waals surface area contributed by atoms with E-state index in [4.69, 9.17) is 4.74 Å². The van der Waals surface area contributed by atoms with Gasteiger partial charge in [-0.1, -0.05) is 59.3 Å². The van der Waals surface area contributed by atoms with Gasteiger partial charge in [0.1, 0.15) is 11.1 Å². The minimum Gasteiger partial charge on any atom is -0.481 e. The van der Waals surface area contributed by atoms with Gasteiger partial charge in [0.15, 0.2) is 0 Å². The van der Waals surface area contributed by atoms with E-state index < -0.39 is 5.97 Å². The number of aliphatic carboxylic acids is 1. The number of carboxylic acid groups (broad SMARTS) is 1. The quantitative estimate of drug-likeness (QED) is 0.364. The van der Waals surface area contributed by atoms with Crippen LogP contribution in [0.2, 0.25) is 0 Å². The first-order valence-electron chi connectivity index (χ1n) is 13.2. The van der Waals surface area contributed by atoms with Crippen LogP contribution in [-0.4, -0.2) is 50.7 Å². The number of carboxylic acids is 1. The first-order valence-corrected chi connectivity index (χ1v) is 13.2. The maximum atomic E-state index is 12.0. The molecule has 5 rings (SSSR count). The van der Waals surface area contributed by atoms with Crippen LogP contribution < -0.4 is 0 Å². The fourth-order valence-corrected chi connectivity index (χ4v) is 5.69. The van der Waals surface area contributed by atoms with Gasteiger partial charge in [0.2, 0.25) is 0 Å². The smallest absolute Gasteiger partial charge is 0.304 e. The lowest BCUT2D eigenvalue weighted by atomic mass is 9.84. The number of rotatable bonds is 7. The predicted molar refractivity (Wildman–Crippen MR) is 148 cm³/mol. The number of fused-ring (bicyclic) bond motifs is 1. The second-order valence-electron chi connectivity index (χ2n) is 10.9. The Bertz CT molecular complexity index is 1480. The van der Waals surface area contributed by atoms with Crippen molar-refractivity contribution in [3.63, 3.8) is 0 Å². The molecule has 7 heteroatoms. The Balaban J connectivity index is 1.45. The number of nitrogens with zero attached hydrogens (tertiary/aromatic N) is 4. The first kappa shape index (κ1) is 26.1. The number of aromatic nitrogens is 3. The summed E-state index contributed by atoms with van der Waals surface area (Å²) in [5, 5.41) is 18.3. The summed E-state index contributed by atoms with van der Waals surface area (Å²) in [7, 11) is 1.87. The average molecular weight is 513 g/mol. The summed E-state index contributed by atoms with van der Waals surface area (Å²) in [5.74, 6) is -1.10. The number of benzene rings is 3. The van der Waals surface area contributed by atoms with Crippen molar-refractivity contribution in [2.45, 2.75) is 52.2 Å². The molecule has 198 valence electrons. The summed E-state index contributed by atoms with van der Waals surface area (Å²) in [4.78, 5) is 14.4. The fraction of sp³-hybridized carbons (Fsp3) is 0.387. The molecule has 2 heterocycles. The highest BCUT2D eigenvalue weighted by Gasteiger charge is 2.34. The second-order valence-corrected chi connectivity index (χ2v) is 10.9. The molecule has 0 saturated carbocycles. The van der Waals surface area contributed by atoms with E-state index in [1.165, 1.54) is 22.3 Å². The second kappa shape index (κ2) is 10.3. The highest BCUT2D eigenvalue weighted by molar-refractivity contribution is 5.80. The molecular formula is C31H36N4O3. The topological polar surface area (TPSA) is 80.5 Å². The lowest BCUT2D eigenvalue weighted by molar-refractivity contribution is -0.137. The molecule has 4 aromatic rings. The molecule has 7 nitrogen and oxygen atoms in total. The van der Waals surface area contributed by atoms with E-state index in [2.05, 4.69) is 78.4 Å². The molecule has 0 amide bonds. The van der Waals surface area contributed by atoms with Gasteiger partial charge in [-0.15, -0.1) is 5.10 Å². The molecule has 2 unspecified atom stereocenters. The Hall–Kier alpha value is -3.55. The van der Waals surface area contributed by atoms with E-state index in [-0.39, 0.29) is 17.9 Å². The van der Waals surface area contributed by atoms with Gasteiger partial charge in [0.05, 0.1) is 18.5 Å². The number of ether oxygens (including phenoxy) is 1. The summed E-state index contributed by atoms with van der Waals surface area (Å²) in [6.07, 6.45) is 0.0121. The van der Waals surface area contributed by atoms with Crippen LogP contribution in [0.1, 0.15) is 58.2 Å². The number of carbonyl (C=O) groups is 1. The number of morpholine rings is 1. The van der Waals surface area contributed by atoms with Crippen LogP contribution in [-0.2, 0) is 28.7 Å².